The third kappa shape index (κ3) is 3.11. The lowest BCUT2D eigenvalue weighted by Gasteiger charge is -2.06. The van der Waals surface area contributed by atoms with Crippen LogP contribution < -0.4 is 5.32 Å². The molecule has 3 rings (SSSR count). The van der Waals surface area contributed by atoms with Gasteiger partial charge in [0.15, 0.2) is 0 Å². The van der Waals surface area contributed by atoms with Gasteiger partial charge in [-0.1, -0.05) is 19.1 Å². The second-order valence-electron chi connectivity index (χ2n) is 5.29. The number of rotatable bonds is 5. The van der Waals surface area contributed by atoms with Gasteiger partial charge in [-0.25, -0.2) is 0 Å². The molecular weight excluding hydrogens is 260 g/mol. The number of nitrogens with one attached hydrogen (secondary N) is 1. The third-order valence-corrected chi connectivity index (χ3v) is 3.68. The highest BCUT2D eigenvalue weighted by atomic mass is 15.3. The van der Waals surface area contributed by atoms with Crippen molar-refractivity contribution in [3.8, 4) is 0 Å². The SMILES string of the molecule is CCc1nn(C)cc1CNCc1ccc2cnccc2c1. The zero-order valence-corrected chi connectivity index (χ0v) is 12.5. The van der Waals surface area contributed by atoms with Crippen molar-refractivity contribution in [2.24, 2.45) is 7.05 Å². The van der Waals surface area contributed by atoms with Gasteiger partial charge in [0.25, 0.3) is 0 Å². The Morgan fingerprint density at radius 2 is 2.05 bits per heavy atom. The highest BCUT2D eigenvalue weighted by Crippen LogP contribution is 2.14. The lowest BCUT2D eigenvalue weighted by molar-refractivity contribution is 0.688. The van der Waals surface area contributed by atoms with E-state index in [9.17, 15) is 0 Å². The molecule has 0 aliphatic heterocycles. The molecule has 0 amide bonds. The minimum Gasteiger partial charge on any atom is -0.308 e. The van der Waals surface area contributed by atoms with Crippen molar-refractivity contribution in [1.29, 1.82) is 0 Å². The van der Waals surface area contributed by atoms with Crippen LogP contribution in [0.5, 0.6) is 0 Å². The summed E-state index contributed by atoms with van der Waals surface area (Å²) in [6.07, 6.45) is 6.80. The van der Waals surface area contributed by atoms with Gasteiger partial charge in [-0.15, -0.1) is 0 Å². The monoisotopic (exact) mass is 280 g/mol. The molecule has 0 radical (unpaired) electrons. The molecule has 1 aromatic carbocycles. The van der Waals surface area contributed by atoms with Gasteiger partial charge in [-0.3, -0.25) is 9.67 Å². The van der Waals surface area contributed by atoms with Crippen LogP contribution in [0.2, 0.25) is 0 Å². The van der Waals surface area contributed by atoms with Crippen molar-refractivity contribution in [3.63, 3.8) is 0 Å². The molecule has 4 heteroatoms. The first-order valence-corrected chi connectivity index (χ1v) is 7.31. The molecule has 0 saturated heterocycles. The number of fused-ring (bicyclic) bond motifs is 1. The molecule has 0 fully saturated rings. The lowest BCUT2D eigenvalue weighted by Crippen LogP contribution is -2.13. The molecule has 108 valence electrons. The lowest BCUT2D eigenvalue weighted by atomic mass is 10.1. The fourth-order valence-corrected chi connectivity index (χ4v) is 2.61. The Hall–Kier alpha value is -2.20. The van der Waals surface area contributed by atoms with E-state index in [0.717, 1.165) is 19.5 Å². The molecule has 0 unspecified atom stereocenters. The summed E-state index contributed by atoms with van der Waals surface area (Å²) in [6.45, 7) is 3.85. The molecule has 4 nitrogen and oxygen atoms in total. The van der Waals surface area contributed by atoms with E-state index in [0.29, 0.717) is 0 Å². The van der Waals surface area contributed by atoms with Gasteiger partial charge in [0.1, 0.15) is 0 Å². The number of pyridine rings is 1. The van der Waals surface area contributed by atoms with Crippen molar-refractivity contribution in [3.05, 3.63) is 59.7 Å². The van der Waals surface area contributed by atoms with Crippen molar-refractivity contribution in [1.82, 2.24) is 20.1 Å². The quantitative estimate of drug-likeness (QED) is 0.781. The number of nitrogens with zero attached hydrogens (tertiary/aromatic N) is 3. The summed E-state index contributed by atoms with van der Waals surface area (Å²) in [6, 6.07) is 8.55. The molecule has 0 saturated carbocycles. The highest BCUT2D eigenvalue weighted by Gasteiger charge is 2.05. The molecule has 21 heavy (non-hydrogen) atoms. The molecule has 2 heterocycles. The van der Waals surface area contributed by atoms with Crippen LogP contribution in [0.15, 0.2) is 42.9 Å². The zero-order chi connectivity index (χ0) is 14.7. The van der Waals surface area contributed by atoms with Gasteiger partial charge in [0, 0.05) is 49.7 Å². The molecule has 0 aliphatic rings. The number of benzene rings is 1. The Labute approximate surface area is 124 Å². The maximum atomic E-state index is 4.47. The van der Waals surface area contributed by atoms with E-state index < -0.39 is 0 Å². The van der Waals surface area contributed by atoms with E-state index in [1.165, 1.54) is 27.6 Å². The number of aryl methyl sites for hydroxylation is 2. The summed E-state index contributed by atoms with van der Waals surface area (Å²) in [4.78, 5) is 4.14. The fraction of sp³-hybridized carbons (Fsp3) is 0.294. The normalized spacial score (nSPS) is 11.1. The predicted molar refractivity (Wildman–Crippen MR) is 84.9 cm³/mol. The predicted octanol–water partition coefficient (Wildman–Crippen LogP) is 2.82. The fourth-order valence-electron chi connectivity index (χ4n) is 2.61. The van der Waals surface area contributed by atoms with Crippen LogP contribution in [0, 0.1) is 0 Å². The smallest absolute Gasteiger partial charge is 0.0666 e. The average molecular weight is 280 g/mol. The summed E-state index contributed by atoms with van der Waals surface area (Å²) in [5.74, 6) is 0. The van der Waals surface area contributed by atoms with E-state index in [4.69, 9.17) is 0 Å². The molecule has 2 aromatic heterocycles. The summed E-state index contributed by atoms with van der Waals surface area (Å²) in [5.41, 5.74) is 3.75. The van der Waals surface area contributed by atoms with Crippen LogP contribution in [0.25, 0.3) is 10.8 Å². The average Bonchev–Trinajstić information content (AvgIpc) is 2.87. The summed E-state index contributed by atoms with van der Waals surface area (Å²) in [5, 5.41) is 10.4. The Morgan fingerprint density at radius 3 is 2.90 bits per heavy atom. The van der Waals surface area contributed by atoms with Crippen LogP contribution in [-0.2, 0) is 26.6 Å². The van der Waals surface area contributed by atoms with Crippen LogP contribution in [0.4, 0.5) is 0 Å². The summed E-state index contributed by atoms with van der Waals surface area (Å²) < 4.78 is 1.89. The zero-order valence-electron chi connectivity index (χ0n) is 12.5. The second kappa shape index (κ2) is 6.06. The Bertz CT molecular complexity index is 745. The molecule has 1 N–H and O–H groups in total. The van der Waals surface area contributed by atoms with Crippen molar-refractivity contribution >= 4 is 10.8 Å². The van der Waals surface area contributed by atoms with E-state index in [-0.39, 0.29) is 0 Å². The minimum absolute atomic E-state index is 0.853. The molecule has 0 spiro atoms. The number of aromatic nitrogens is 3. The van der Waals surface area contributed by atoms with Crippen LogP contribution in [-0.4, -0.2) is 14.8 Å². The largest absolute Gasteiger partial charge is 0.308 e. The highest BCUT2D eigenvalue weighted by molar-refractivity contribution is 5.81. The Morgan fingerprint density at radius 1 is 1.14 bits per heavy atom. The maximum Gasteiger partial charge on any atom is 0.0666 e. The molecule has 0 bridgehead atoms. The summed E-state index contributed by atoms with van der Waals surface area (Å²) >= 11 is 0. The standard InChI is InChI=1S/C17H20N4/c1-3-17-16(12-21(2)20-17)11-19-9-13-4-5-15-10-18-7-6-14(15)8-13/h4-8,10,12,19H,3,9,11H2,1-2H3. The van der Waals surface area contributed by atoms with Gasteiger partial charge in [-0.2, -0.15) is 5.10 Å². The van der Waals surface area contributed by atoms with E-state index in [1.54, 1.807) is 0 Å². The van der Waals surface area contributed by atoms with Gasteiger partial charge in [-0.05, 0) is 29.5 Å². The minimum atomic E-state index is 0.853. The van der Waals surface area contributed by atoms with E-state index in [2.05, 4.69) is 52.8 Å². The second-order valence-corrected chi connectivity index (χ2v) is 5.29. The van der Waals surface area contributed by atoms with Crippen molar-refractivity contribution in [2.45, 2.75) is 26.4 Å². The molecule has 0 atom stereocenters. The Kier molecular flexibility index (Phi) is 3.97. The van der Waals surface area contributed by atoms with Crippen LogP contribution >= 0.6 is 0 Å². The molecule has 0 aliphatic carbocycles. The van der Waals surface area contributed by atoms with Crippen LogP contribution in [0.1, 0.15) is 23.7 Å². The first-order chi connectivity index (χ1) is 10.3. The van der Waals surface area contributed by atoms with Gasteiger partial charge >= 0.3 is 0 Å². The molecule has 3 aromatic rings. The van der Waals surface area contributed by atoms with Crippen LogP contribution in [0.3, 0.4) is 0 Å². The van der Waals surface area contributed by atoms with Crippen molar-refractivity contribution in [2.75, 3.05) is 0 Å². The Balaban J connectivity index is 1.66. The third-order valence-electron chi connectivity index (χ3n) is 3.68. The maximum absolute atomic E-state index is 4.47. The number of hydrogen-bond donors (Lipinski definition) is 1. The van der Waals surface area contributed by atoms with E-state index in [1.807, 2.05) is 24.1 Å². The van der Waals surface area contributed by atoms with Gasteiger partial charge < -0.3 is 5.32 Å². The topological polar surface area (TPSA) is 42.7 Å². The van der Waals surface area contributed by atoms with E-state index >= 15 is 0 Å². The summed E-state index contributed by atoms with van der Waals surface area (Å²) in [7, 11) is 1.97. The first-order valence-electron chi connectivity index (χ1n) is 7.31. The van der Waals surface area contributed by atoms with Crippen molar-refractivity contribution < 1.29 is 0 Å². The van der Waals surface area contributed by atoms with Gasteiger partial charge in [0.05, 0.1) is 5.69 Å². The number of hydrogen-bond acceptors (Lipinski definition) is 3. The first kappa shape index (κ1) is 13.8. The van der Waals surface area contributed by atoms with Gasteiger partial charge in [0.2, 0.25) is 0 Å². The molecular formula is C17H20N4.